The highest BCUT2D eigenvalue weighted by Gasteiger charge is 2.21. The van der Waals surface area contributed by atoms with E-state index in [1.165, 1.54) is 11.3 Å². The third-order valence-corrected chi connectivity index (χ3v) is 5.73. The van der Waals surface area contributed by atoms with Crippen LogP contribution in [-0.4, -0.2) is 59.3 Å². The molecule has 30 heavy (non-hydrogen) atoms. The summed E-state index contributed by atoms with van der Waals surface area (Å²) < 4.78 is 27.7. The Kier molecular flexibility index (Phi) is 10.2. The molecule has 8 N–H and O–H groups in total. The molecule has 1 aromatic rings. The van der Waals surface area contributed by atoms with Gasteiger partial charge in [0.15, 0.2) is 5.96 Å². The van der Waals surface area contributed by atoms with Crippen molar-refractivity contribution < 1.29 is 28.2 Å². The third kappa shape index (κ3) is 11.3. The van der Waals surface area contributed by atoms with E-state index in [2.05, 4.69) is 24.4 Å². The summed E-state index contributed by atoms with van der Waals surface area (Å²) in [6.45, 7) is 1.69. The number of carbonyl (C=O) groups is 2. The van der Waals surface area contributed by atoms with Gasteiger partial charge < -0.3 is 21.7 Å². The van der Waals surface area contributed by atoms with Gasteiger partial charge in [0.2, 0.25) is 5.13 Å². The predicted molar refractivity (Wildman–Crippen MR) is 115 cm³/mol. The Bertz CT molecular complexity index is 922. The van der Waals surface area contributed by atoms with E-state index >= 15 is 0 Å². The average molecular weight is 480 g/mol. The summed E-state index contributed by atoms with van der Waals surface area (Å²) in [6.07, 6.45) is 1.22. The Morgan fingerprint density at radius 3 is 2.50 bits per heavy atom. The van der Waals surface area contributed by atoms with Gasteiger partial charge in [-0.15, -0.1) is 11.3 Å². The summed E-state index contributed by atoms with van der Waals surface area (Å²) in [5.41, 5.74) is 11.5. The number of carboxylic acids is 2. The number of hydrogen-bond acceptors (Lipinski definition) is 9. The monoisotopic (exact) mass is 479 g/mol. The van der Waals surface area contributed by atoms with E-state index in [0.29, 0.717) is 35.3 Å². The Morgan fingerprint density at radius 1 is 1.33 bits per heavy atom. The summed E-state index contributed by atoms with van der Waals surface area (Å²) in [7, 11) is -3.47. The fourth-order valence-electron chi connectivity index (χ4n) is 1.82. The molecule has 0 fully saturated rings. The van der Waals surface area contributed by atoms with Crippen molar-refractivity contribution >= 4 is 62.2 Å². The normalized spacial score (nSPS) is 17.2. The topological polar surface area (TPSA) is 222 Å². The maximum atomic E-state index is 11.5. The number of aromatic nitrogens is 1. The van der Waals surface area contributed by atoms with Crippen LogP contribution in [0, 0.1) is 0 Å². The van der Waals surface area contributed by atoms with Crippen LogP contribution in [0.1, 0.15) is 19.0 Å². The van der Waals surface area contributed by atoms with Crippen molar-refractivity contribution in [2.45, 2.75) is 25.3 Å². The molecule has 1 unspecified atom stereocenters. The molecule has 0 aliphatic carbocycles. The van der Waals surface area contributed by atoms with Crippen LogP contribution in [0.3, 0.4) is 0 Å². The molecule has 1 aliphatic heterocycles. The van der Waals surface area contributed by atoms with Gasteiger partial charge >= 0.3 is 22.1 Å². The minimum atomic E-state index is -3.47. The highest BCUT2D eigenvalue weighted by Crippen LogP contribution is 2.22. The van der Waals surface area contributed by atoms with Gasteiger partial charge in [0.05, 0.1) is 5.69 Å². The van der Waals surface area contributed by atoms with Gasteiger partial charge in [-0.25, -0.2) is 14.6 Å². The lowest BCUT2D eigenvalue weighted by molar-refractivity contribution is -0.134. The van der Waals surface area contributed by atoms with Crippen LogP contribution < -0.4 is 20.9 Å². The largest absolute Gasteiger partial charge is 0.478 e. The summed E-state index contributed by atoms with van der Waals surface area (Å²) in [5.74, 6) is -0.634. The molecule has 0 radical (unpaired) electrons. The van der Waals surface area contributed by atoms with Crippen molar-refractivity contribution in [1.82, 2.24) is 14.4 Å². The summed E-state index contributed by atoms with van der Waals surface area (Å²) in [4.78, 5) is 31.5. The standard InChI is InChI=1S/C10H17N7O2S3.C4H4O4/c1-6-13-8(17-22(18,19)16-6)2-3-20-4-7-5-21-10(14-7)15-9(11)12;5-3(6)1-2-4(7)8/h5-6,16H,2-4H2,1H3,(H,13,17)(H4,11,12,14,15);1-2H,(H,5,6)(H,7,8)/b;2-1+. The first kappa shape index (κ1) is 25.3. The molecule has 1 aliphatic rings. The second-order valence-electron chi connectivity index (χ2n) is 5.45. The summed E-state index contributed by atoms with van der Waals surface area (Å²) >= 11 is 3.00. The molecule has 16 heteroatoms. The van der Waals surface area contributed by atoms with E-state index in [1.807, 2.05) is 5.38 Å². The molecular weight excluding hydrogens is 458 g/mol. The summed E-state index contributed by atoms with van der Waals surface area (Å²) in [5, 5.41) is 18.0. The fourth-order valence-corrected chi connectivity index (χ4v) is 4.50. The highest BCUT2D eigenvalue weighted by atomic mass is 32.2. The number of amidine groups is 1. The quantitative estimate of drug-likeness (QED) is 0.122. The second-order valence-corrected chi connectivity index (χ2v) is 8.83. The molecule has 13 nitrogen and oxygen atoms in total. The smallest absolute Gasteiger partial charge is 0.328 e. The van der Waals surface area contributed by atoms with Crippen LogP contribution in [0.5, 0.6) is 0 Å². The first-order valence-corrected chi connectivity index (χ1v) is 11.6. The van der Waals surface area contributed by atoms with Crippen LogP contribution in [0.15, 0.2) is 27.5 Å². The van der Waals surface area contributed by atoms with Gasteiger partial charge in [-0.2, -0.15) is 29.9 Å². The van der Waals surface area contributed by atoms with Crippen molar-refractivity contribution in [2.75, 3.05) is 5.75 Å². The maximum Gasteiger partial charge on any atom is 0.328 e. The van der Waals surface area contributed by atoms with Crippen molar-refractivity contribution in [3.8, 4) is 0 Å². The molecule has 1 atom stereocenters. The number of carboxylic acid groups (broad SMARTS) is 2. The lowest BCUT2D eigenvalue weighted by Gasteiger charge is -2.20. The zero-order valence-corrected chi connectivity index (χ0v) is 18.1. The third-order valence-electron chi connectivity index (χ3n) is 2.79. The number of aliphatic carboxylic acids is 2. The minimum absolute atomic E-state index is 0.0149. The van der Waals surface area contributed by atoms with E-state index in [0.717, 1.165) is 11.4 Å². The molecule has 0 aromatic carbocycles. The number of guanidine groups is 1. The van der Waals surface area contributed by atoms with Gasteiger partial charge in [0.25, 0.3) is 0 Å². The highest BCUT2D eigenvalue weighted by molar-refractivity contribution is 7.98. The van der Waals surface area contributed by atoms with Crippen molar-refractivity contribution in [1.29, 1.82) is 0 Å². The van der Waals surface area contributed by atoms with Crippen LogP contribution in [0.25, 0.3) is 0 Å². The number of nitrogens with zero attached hydrogens (tertiary/aromatic N) is 3. The van der Waals surface area contributed by atoms with Crippen molar-refractivity contribution in [2.24, 2.45) is 21.5 Å². The number of thioether (sulfide) groups is 1. The Morgan fingerprint density at radius 2 is 1.97 bits per heavy atom. The van der Waals surface area contributed by atoms with E-state index < -0.39 is 28.3 Å². The molecule has 2 rings (SSSR count). The van der Waals surface area contributed by atoms with Gasteiger partial charge in [0.1, 0.15) is 12.0 Å². The van der Waals surface area contributed by atoms with Crippen molar-refractivity contribution in [3.63, 3.8) is 0 Å². The molecule has 0 spiro atoms. The van der Waals surface area contributed by atoms with Crippen LogP contribution in [0.4, 0.5) is 5.13 Å². The molecule has 0 saturated heterocycles. The zero-order chi connectivity index (χ0) is 22.7. The van der Waals surface area contributed by atoms with Crippen LogP contribution in [-0.2, 0) is 25.6 Å². The molecule has 0 amide bonds. The lowest BCUT2D eigenvalue weighted by atomic mass is 10.4. The van der Waals surface area contributed by atoms with E-state index in [1.54, 1.807) is 18.7 Å². The minimum Gasteiger partial charge on any atom is -0.478 e. The fraction of sp³-hybridized carbons (Fsp3) is 0.357. The van der Waals surface area contributed by atoms with Crippen LogP contribution >= 0.6 is 23.1 Å². The van der Waals surface area contributed by atoms with Crippen molar-refractivity contribution in [3.05, 3.63) is 23.2 Å². The first-order valence-electron chi connectivity index (χ1n) is 8.09. The van der Waals surface area contributed by atoms with E-state index in [9.17, 15) is 18.0 Å². The number of rotatable bonds is 8. The molecule has 2 heterocycles. The Balaban J connectivity index is 0.000000479. The zero-order valence-electron chi connectivity index (χ0n) is 15.7. The SMILES string of the molecule is CC1N=C(CCSCc2csc(N=C(N)N)n2)NS(=O)(=O)N1.O=C(O)/C=C/C(=O)O. The number of aliphatic imine (C=N–C) groups is 2. The average Bonchev–Trinajstić information content (AvgIpc) is 3.02. The number of thiazole rings is 1. The molecule has 166 valence electrons. The molecule has 0 saturated carbocycles. The predicted octanol–water partition coefficient (Wildman–Crippen LogP) is -0.435. The molecular formula is C14H21N7O6S3. The lowest BCUT2D eigenvalue weighted by Crippen LogP contribution is -2.48. The van der Waals surface area contributed by atoms with E-state index in [-0.39, 0.29) is 5.96 Å². The van der Waals surface area contributed by atoms with Gasteiger partial charge in [-0.1, -0.05) is 0 Å². The Labute approximate surface area is 180 Å². The molecule has 1 aromatic heterocycles. The second kappa shape index (κ2) is 12.1. The van der Waals surface area contributed by atoms with Gasteiger partial charge in [0, 0.05) is 35.5 Å². The number of hydrogen-bond donors (Lipinski definition) is 6. The number of nitrogens with one attached hydrogen (secondary N) is 2. The molecule has 0 bridgehead atoms. The van der Waals surface area contributed by atoms with Gasteiger partial charge in [-0.3, -0.25) is 9.71 Å². The van der Waals surface area contributed by atoms with Crippen LogP contribution in [0.2, 0.25) is 0 Å². The first-order chi connectivity index (χ1) is 14.0. The summed E-state index contributed by atoms with van der Waals surface area (Å²) in [6, 6.07) is 0. The number of nitrogens with two attached hydrogens (primary N) is 2. The maximum absolute atomic E-state index is 11.5. The van der Waals surface area contributed by atoms with E-state index in [4.69, 9.17) is 21.7 Å². The Hall–Kier alpha value is -2.69. The van der Waals surface area contributed by atoms with Gasteiger partial charge in [-0.05, 0) is 6.92 Å².